The first-order chi connectivity index (χ1) is 13.9. The fourth-order valence-electron chi connectivity index (χ4n) is 2.56. The Labute approximate surface area is 170 Å². The van der Waals surface area contributed by atoms with Gasteiger partial charge in [-0.2, -0.15) is 0 Å². The number of benzene rings is 2. The Morgan fingerprint density at radius 3 is 2.17 bits per heavy atom. The number of anilines is 2. The molecule has 2 N–H and O–H groups in total. The van der Waals surface area contributed by atoms with Gasteiger partial charge in [0.1, 0.15) is 17.0 Å². The van der Waals surface area contributed by atoms with E-state index in [-0.39, 0.29) is 23.0 Å². The molecule has 0 aliphatic heterocycles. The van der Waals surface area contributed by atoms with E-state index < -0.39 is 23.4 Å². The number of ether oxygens (including phenoxy) is 1. The zero-order valence-corrected chi connectivity index (χ0v) is 16.4. The number of alkyl halides is 3. The number of fused-ring (bicyclic) bond motifs is 1. The highest BCUT2D eigenvalue weighted by Gasteiger charge is 2.31. The van der Waals surface area contributed by atoms with Gasteiger partial charge >= 0.3 is 6.36 Å². The van der Waals surface area contributed by atoms with Crippen LogP contribution < -0.4 is 15.4 Å². The number of para-hydroxylation sites is 1. The Hall–Kier alpha value is -3.49. The van der Waals surface area contributed by atoms with Crippen LogP contribution in [0.1, 0.15) is 31.3 Å². The van der Waals surface area contributed by atoms with E-state index in [0.29, 0.717) is 11.0 Å². The van der Waals surface area contributed by atoms with Crippen molar-refractivity contribution in [2.24, 2.45) is 5.41 Å². The van der Waals surface area contributed by atoms with Gasteiger partial charge in [-0.05, 0) is 36.4 Å². The zero-order chi connectivity index (χ0) is 22.1. The van der Waals surface area contributed by atoms with Crippen molar-refractivity contribution in [3.63, 3.8) is 0 Å². The predicted molar refractivity (Wildman–Crippen MR) is 105 cm³/mol. The van der Waals surface area contributed by atoms with Crippen molar-refractivity contribution in [1.29, 1.82) is 0 Å². The monoisotopic (exact) mass is 420 g/mol. The molecular formula is C21H19F3N2O4. The number of rotatable bonds is 4. The van der Waals surface area contributed by atoms with E-state index in [1.165, 1.54) is 12.1 Å². The van der Waals surface area contributed by atoms with Crippen molar-refractivity contribution >= 4 is 34.2 Å². The Morgan fingerprint density at radius 2 is 1.57 bits per heavy atom. The molecule has 0 atom stereocenters. The average molecular weight is 420 g/mol. The second-order valence-corrected chi connectivity index (χ2v) is 7.53. The largest absolute Gasteiger partial charge is 0.573 e. The third-order valence-corrected chi connectivity index (χ3v) is 4.07. The molecule has 2 aromatic carbocycles. The molecule has 1 heterocycles. The van der Waals surface area contributed by atoms with Crippen LogP contribution in [0.2, 0.25) is 0 Å². The Morgan fingerprint density at radius 1 is 0.933 bits per heavy atom. The van der Waals surface area contributed by atoms with Crippen LogP contribution in [0.15, 0.2) is 52.9 Å². The number of furan rings is 1. The van der Waals surface area contributed by atoms with Crippen LogP contribution in [0, 0.1) is 5.41 Å². The van der Waals surface area contributed by atoms with Crippen molar-refractivity contribution in [3.8, 4) is 5.75 Å². The summed E-state index contributed by atoms with van der Waals surface area (Å²) in [6.07, 6.45) is -4.81. The highest BCUT2D eigenvalue weighted by Crippen LogP contribution is 2.33. The summed E-state index contributed by atoms with van der Waals surface area (Å²) in [5.41, 5.74) is 0.143. The Kier molecular flexibility index (Phi) is 5.47. The van der Waals surface area contributed by atoms with Crippen LogP contribution in [-0.2, 0) is 4.79 Å². The highest BCUT2D eigenvalue weighted by molar-refractivity contribution is 6.15. The third kappa shape index (κ3) is 4.91. The van der Waals surface area contributed by atoms with E-state index in [4.69, 9.17) is 4.42 Å². The van der Waals surface area contributed by atoms with Gasteiger partial charge in [0.05, 0.1) is 0 Å². The van der Waals surface area contributed by atoms with Crippen molar-refractivity contribution in [3.05, 3.63) is 54.3 Å². The number of amides is 2. The number of carbonyl (C=O) groups excluding carboxylic acids is 2. The summed E-state index contributed by atoms with van der Waals surface area (Å²) < 4.78 is 46.2. The lowest BCUT2D eigenvalue weighted by Gasteiger charge is -2.17. The van der Waals surface area contributed by atoms with E-state index in [2.05, 4.69) is 15.4 Å². The summed E-state index contributed by atoms with van der Waals surface area (Å²) in [6, 6.07) is 11.5. The molecule has 158 valence electrons. The summed E-state index contributed by atoms with van der Waals surface area (Å²) in [4.78, 5) is 25.3. The SMILES string of the molecule is CC(C)(C)C(=O)Nc1c(C(=O)Nc2ccc(OC(F)(F)F)cc2)oc2ccccc12. The topological polar surface area (TPSA) is 80.6 Å². The number of carbonyl (C=O) groups is 2. The van der Waals surface area contributed by atoms with Gasteiger partial charge in [-0.15, -0.1) is 13.2 Å². The fourth-order valence-corrected chi connectivity index (χ4v) is 2.56. The smallest absolute Gasteiger partial charge is 0.449 e. The van der Waals surface area contributed by atoms with E-state index in [9.17, 15) is 22.8 Å². The van der Waals surface area contributed by atoms with Crippen molar-refractivity contribution in [2.75, 3.05) is 10.6 Å². The van der Waals surface area contributed by atoms with Gasteiger partial charge in [-0.3, -0.25) is 9.59 Å². The first kappa shape index (κ1) is 21.2. The molecule has 6 nitrogen and oxygen atoms in total. The fraction of sp³-hybridized carbons (Fsp3) is 0.238. The minimum atomic E-state index is -4.81. The molecule has 1 aromatic heterocycles. The molecular weight excluding hydrogens is 401 g/mol. The van der Waals surface area contributed by atoms with Gasteiger partial charge in [0.2, 0.25) is 11.7 Å². The summed E-state index contributed by atoms with van der Waals surface area (Å²) in [5, 5.41) is 5.83. The Bertz CT molecular complexity index is 1080. The van der Waals surface area contributed by atoms with Gasteiger partial charge < -0.3 is 19.8 Å². The standard InChI is InChI=1S/C21H19F3N2O4/c1-20(2,3)19(28)26-16-14-6-4-5-7-15(14)29-17(16)18(27)25-12-8-10-13(11-9-12)30-21(22,23)24/h4-11H,1-3H3,(H,25,27)(H,26,28). The molecule has 3 aromatic rings. The second kappa shape index (κ2) is 7.74. The van der Waals surface area contributed by atoms with E-state index in [0.717, 1.165) is 12.1 Å². The van der Waals surface area contributed by atoms with Gasteiger partial charge in [0, 0.05) is 16.5 Å². The van der Waals surface area contributed by atoms with E-state index >= 15 is 0 Å². The molecule has 0 bridgehead atoms. The molecule has 0 spiro atoms. The second-order valence-electron chi connectivity index (χ2n) is 7.53. The van der Waals surface area contributed by atoms with E-state index in [1.807, 2.05) is 0 Å². The molecule has 0 fully saturated rings. The predicted octanol–water partition coefficient (Wildman–Crippen LogP) is 5.57. The quantitative estimate of drug-likeness (QED) is 0.578. The normalized spacial score (nSPS) is 11.9. The number of nitrogens with one attached hydrogen (secondary N) is 2. The van der Waals surface area contributed by atoms with E-state index in [1.54, 1.807) is 45.0 Å². The zero-order valence-electron chi connectivity index (χ0n) is 16.4. The first-order valence-corrected chi connectivity index (χ1v) is 8.94. The molecule has 0 saturated heterocycles. The average Bonchev–Trinajstić information content (AvgIpc) is 3.00. The summed E-state index contributed by atoms with van der Waals surface area (Å²) in [5.74, 6) is -1.51. The Balaban J connectivity index is 1.87. The van der Waals surface area contributed by atoms with Crippen LogP contribution >= 0.6 is 0 Å². The molecule has 30 heavy (non-hydrogen) atoms. The molecule has 0 radical (unpaired) electrons. The molecule has 3 rings (SSSR count). The summed E-state index contributed by atoms with van der Waals surface area (Å²) >= 11 is 0. The van der Waals surface area contributed by atoms with Gasteiger partial charge in [0.15, 0.2) is 0 Å². The first-order valence-electron chi connectivity index (χ1n) is 8.94. The van der Waals surface area contributed by atoms with Crippen molar-refractivity contribution < 1.29 is 31.9 Å². The maximum Gasteiger partial charge on any atom is 0.573 e. The lowest BCUT2D eigenvalue weighted by Crippen LogP contribution is -2.28. The summed E-state index contributed by atoms with van der Waals surface area (Å²) in [6.45, 7) is 5.19. The minimum absolute atomic E-state index is 0.121. The van der Waals surface area contributed by atoms with Crippen molar-refractivity contribution in [2.45, 2.75) is 27.1 Å². The summed E-state index contributed by atoms with van der Waals surface area (Å²) in [7, 11) is 0. The van der Waals surface area contributed by atoms with Crippen LogP contribution in [-0.4, -0.2) is 18.2 Å². The molecule has 0 aliphatic rings. The van der Waals surface area contributed by atoms with Crippen LogP contribution in [0.5, 0.6) is 5.75 Å². The molecule has 0 unspecified atom stereocenters. The number of hydrogen-bond donors (Lipinski definition) is 2. The molecule has 0 aliphatic carbocycles. The van der Waals surface area contributed by atoms with Gasteiger partial charge in [-0.25, -0.2) is 0 Å². The molecule has 2 amide bonds. The van der Waals surface area contributed by atoms with Gasteiger partial charge in [-0.1, -0.05) is 32.9 Å². The maximum absolute atomic E-state index is 12.8. The highest BCUT2D eigenvalue weighted by atomic mass is 19.4. The number of halogens is 3. The van der Waals surface area contributed by atoms with Crippen molar-refractivity contribution in [1.82, 2.24) is 0 Å². The molecule has 0 saturated carbocycles. The lowest BCUT2D eigenvalue weighted by atomic mass is 9.95. The van der Waals surface area contributed by atoms with Gasteiger partial charge in [0.25, 0.3) is 5.91 Å². The van der Waals surface area contributed by atoms with Crippen LogP contribution in [0.25, 0.3) is 11.0 Å². The minimum Gasteiger partial charge on any atom is -0.449 e. The lowest BCUT2D eigenvalue weighted by molar-refractivity contribution is -0.274. The van der Waals surface area contributed by atoms with Crippen LogP contribution in [0.3, 0.4) is 0 Å². The maximum atomic E-state index is 12.8. The third-order valence-electron chi connectivity index (χ3n) is 4.07. The number of hydrogen-bond acceptors (Lipinski definition) is 4. The molecule has 9 heteroatoms. The van der Waals surface area contributed by atoms with Crippen LogP contribution in [0.4, 0.5) is 24.5 Å².